The van der Waals surface area contributed by atoms with Crippen molar-refractivity contribution in [1.29, 1.82) is 0 Å². The molecule has 0 unspecified atom stereocenters. The third-order valence-corrected chi connectivity index (χ3v) is 3.59. The second kappa shape index (κ2) is 4.34. The lowest BCUT2D eigenvalue weighted by atomic mass is 10.1. The van der Waals surface area contributed by atoms with Crippen LogP contribution in [0.4, 0.5) is 5.82 Å². The van der Waals surface area contributed by atoms with Crippen LogP contribution in [0, 0.1) is 0 Å². The summed E-state index contributed by atoms with van der Waals surface area (Å²) in [6.45, 7) is 0. The molecule has 2 rings (SSSR count). The largest absolute Gasteiger partial charge is 0.495 e. The maximum absolute atomic E-state index is 11.7. The van der Waals surface area contributed by atoms with Gasteiger partial charge in [-0.25, -0.2) is 8.42 Å². The highest BCUT2D eigenvalue weighted by molar-refractivity contribution is 7.90. The third kappa shape index (κ3) is 2.17. The number of anilines is 1. The van der Waals surface area contributed by atoms with Gasteiger partial charge in [-0.1, -0.05) is 6.07 Å². The molecule has 3 N–H and O–H groups in total. The predicted molar refractivity (Wildman–Crippen MR) is 68.1 cm³/mol. The van der Waals surface area contributed by atoms with Crippen molar-refractivity contribution in [1.82, 2.24) is 10.2 Å². The number of para-hydroxylation sites is 1. The van der Waals surface area contributed by atoms with E-state index < -0.39 is 9.84 Å². The number of rotatable bonds is 3. The van der Waals surface area contributed by atoms with Gasteiger partial charge in [0.15, 0.2) is 9.84 Å². The first kappa shape index (κ1) is 12.4. The summed E-state index contributed by atoms with van der Waals surface area (Å²) in [7, 11) is -1.94. The molecule has 0 fully saturated rings. The zero-order valence-electron chi connectivity index (χ0n) is 9.97. The van der Waals surface area contributed by atoms with Gasteiger partial charge in [-0.15, -0.1) is 0 Å². The second-order valence-electron chi connectivity index (χ2n) is 3.82. The normalized spacial score (nSPS) is 11.4. The summed E-state index contributed by atoms with van der Waals surface area (Å²) in [5, 5.41) is 6.53. The highest BCUT2D eigenvalue weighted by atomic mass is 32.2. The average molecular weight is 267 g/mol. The molecule has 1 aromatic carbocycles. The Balaban J connectivity index is 2.70. The van der Waals surface area contributed by atoms with Crippen molar-refractivity contribution in [3.63, 3.8) is 0 Å². The van der Waals surface area contributed by atoms with Crippen LogP contribution in [0.15, 0.2) is 29.2 Å². The molecule has 0 saturated carbocycles. The Hall–Kier alpha value is -2.02. The predicted octanol–water partition coefficient (Wildman–Crippen LogP) is 1.07. The fraction of sp³-hybridized carbons (Fsp3) is 0.182. The Bertz CT molecular complexity index is 677. The molecule has 0 bridgehead atoms. The number of nitrogens with one attached hydrogen (secondary N) is 1. The second-order valence-corrected chi connectivity index (χ2v) is 5.80. The molecule has 96 valence electrons. The standard InChI is InChI=1S/C11H13N3O3S/c1-17-11-7(8-6-10(12)14-13-8)4-3-5-9(11)18(2,15)16/h3-6H,1-2H3,(H3,12,13,14). The van der Waals surface area contributed by atoms with Gasteiger partial charge < -0.3 is 10.5 Å². The third-order valence-electron chi connectivity index (χ3n) is 2.47. The molecule has 7 heteroatoms. The van der Waals surface area contributed by atoms with E-state index in [1.165, 1.54) is 13.2 Å². The van der Waals surface area contributed by atoms with Gasteiger partial charge in [-0.3, -0.25) is 5.10 Å². The molecule has 0 amide bonds. The summed E-state index contributed by atoms with van der Waals surface area (Å²) < 4.78 is 28.5. The Kier molecular flexibility index (Phi) is 3.00. The molecule has 0 radical (unpaired) electrons. The van der Waals surface area contributed by atoms with Crippen molar-refractivity contribution < 1.29 is 13.2 Å². The van der Waals surface area contributed by atoms with Crippen LogP contribution >= 0.6 is 0 Å². The fourth-order valence-corrected chi connectivity index (χ4v) is 2.56. The van der Waals surface area contributed by atoms with E-state index in [1.807, 2.05) is 0 Å². The number of hydrogen-bond acceptors (Lipinski definition) is 5. The number of ether oxygens (including phenoxy) is 1. The smallest absolute Gasteiger partial charge is 0.179 e. The Morgan fingerprint density at radius 2 is 2.11 bits per heavy atom. The van der Waals surface area contributed by atoms with Gasteiger partial charge in [-0.2, -0.15) is 5.10 Å². The lowest BCUT2D eigenvalue weighted by Gasteiger charge is -2.10. The Labute approximate surface area is 105 Å². The Morgan fingerprint density at radius 1 is 1.39 bits per heavy atom. The summed E-state index contributed by atoms with van der Waals surface area (Å²) in [4.78, 5) is 0.135. The van der Waals surface area contributed by atoms with Crippen LogP contribution in [-0.2, 0) is 9.84 Å². The maximum atomic E-state index is 11.7. The highest BCUT2D eigenvalue weighted by Crippen LogP contribution is 2.34. The van der Waals surface area contributed by atoms with Crippen LogP contribution in [0.2, 0.25) is 0 Å². The number of aromatic amines is 1. The fourth-order valence-electron chi connectivity index (χ4n) is 1.71. The van der Waals surface area contributed by atoms with Crippen LogP contribution in [0.3, 0.4) is 0 Å². The summed E-state index contributed by atoms with van der Waals surface area (Å²) in [5.74, 6) is 0.612. The molecule has 0 spiro atoms. The van der Waals surface area contributed by atoms with Crippen molar-refractivity contribution >= 4 is 15.7 Å². The number of hydrogen-bond donors (Lipinski definition) is 2. The SMILES string of the molecule is COc1c(-c2cc(N)n[nH]2)cccc1S(C)(=O)=O. The zero-order valence-corrected chi connectivity index (χ0v) is 10.8. The van der Waals surface area contributed by atoms with Gasteiger partial charge in [-0.05, 0) is 12.1 Å². The minimum absolute atomic E-state index is 0.135. The number of nitrogens with zero attached hydrogens (tertiary/aromatic N) is 1. The number of methoxy groups -OCH3 is 1. The number of aromatic nitrogens is 2. The summed E-state index contributed by atoms with van der Waals surface area (Å²) >= 11 is 0. The van der Waals surface area contributed by atoms with Gasteiger partial charge in [0.25, 0.3) is 0 Å². The minimum atomic E-state index is -3.36. The topological polar surface area (TPSA) is 98.1 Å². The molecule has 1 aromatic heterocycles. The molecule has 0 aliphatic carbocycles. The van der Waals surface area contributed by atoms with Gasteiger partial charge in [0.2, 0.25) is 0 Å². The van der Waals surface area contributed by atoms with Gasteiger partial charge in [0, 0.05) is 17.9 Å². The van der Waals surface area contributed by atoms with E-state index in [0.29, 0.717) is 17.1 Å². The van der Waals surface area contributed by atoms with Crippen LogP contribution < -0.4 is 10.5 Å². The summed E-state index contributed by atoms with van der Waals surface area (Å²) in [5.41, 5.74) is 6.74. The van der Waals surface area contributed by atoms with Crippen molar-refractivity contribution in [2.45, 2.75) is 4.90 Å². The number of nitrogens with two attached hydrogens (primary N) is 1. The van der Waals surface area contributed by atoms with Crippen molar-refractivity contribution in [2.24, 2.45) is 0 Å². The average Bonchev–Trinajstić information content (AvgIpc) is 2.73. The number of nitrogen functional groups attached to an aromatic ring is 1. The molecule has 0 aliphatic rings. The van der Waals surface area contributed by atoms with Gasteiger partial charge >= 0.3 is 0 Å². The molecule has 0 atom stereocenters. The van der Waals surface area contributed by atoms with E-state index in [9.17, 15) is 8.42 Å². The van der Waals surface area contributed by atoms with Crippen LogP contribution in [-0.4, -0.2) is 32.0 Å². The minimum Gasteiger partial charge on any atom is -0.495 e. The molecule has 2 aromatic rings. The van der Waals surface area contributed by atoms with E-state index in [1.54, 1.807) is 18.2 Å². The van der Waals surface area contributed by atoms with E-state index >= 15 is 0 Å². The maximum Gasteiger partial charge on any atom is 0.179 e. The van der Waals surface area contributed by atoms with Gasteiger partial charge in [0.05, 0.1) is 12.8 Å². The first-order valence-corrected chi connectivity index (χ1v) is 7.01. The van der Waals surface area contributed by atoms with Crippen LogP contribution in [0.5, 0.6) is 5.75 Å². The van der Waals surface area contributed by atoms with E-state index in [-0.39, 0.29) is 10.6 Å². The monoisotopic (exact) mass is 267 g/mol. The van der Waals surface area contributed by atoms with E-state index in [2.05, 4.69) is 10.2 Å². The Morgan fingerprint density at radius 3 is 2.61 bits per heavy atom. The highest BCUT2D eigenvalue weighted by Gasteiger charge is 2.19. The first-order chi connectivity index (χ1) is 8.43. The van der Waals surface area contributed by atoms with Crippen LogP contribution in [0.25, 0.3) is 11.3 Å². The lowest BCUT2D eigenvalue weighted by Crippen LogP contribution is -2.02. The molecule has 0 saturated heterocycles. The summed E-state index contributed by atoms with van der Waals surface area (Å²) in [6.07, 6.45) is 1.13. The molecule has 1 heterocycles. The lowest BCUT2D eigenvalue weighted by molar-refractivity contribution is 0.404. The number of benzene rings is 1. The van der Waals surface area contributed by atoms with Crippen molar-refractivity contribution in [3.05, 3.63) is 24.3 Å². The number of sulfone groups is 1. The quantitative estimate of drug-likeness (QED) is 0.866. The van der Waals surface area contributed by atoms with Crippen molar-refractivity contribution in [2.75, 3.05) is 19.1 Å². The first-order valence-electron chi connectivity index (χ1n) is 5.12. The van der Waals surface area contributed by atoms with Gasteiger partial charge in [0.1, 0.15) is 16.5 Å². The molecule has 0 aliphatic heterocycles. The zero-order chi connectivity index (χ0) is 13.3. The molecule has 6 nitrogen and oxygen atoms in total. The molecular weight excluding hydrogens is 254 g/mol. The molecule has 18 heavy (non-hydrogen) atoms. The number of H-pyrrole nitrogens is 1. The summed E-state index contributed by atoms with van der Waals surface area (Å²) in [6, 6.07) is 6.49. The molecular formula is C11H13N3O3S. The van der Waals surface area contributed by atoms with E-state index in [0.717, 1.165) is 6.26 Å². The van der Waals surface area contributed by atoms with E-state index in [4.69, 9.17) is 10.5 Å². The van der Waals surface area contributed by atoms with Crippen molar-refractivity contribution in [3.8, 4) is 17.0 Å². The van der Waals surface area contributed by atoms with Crippen LogP contribution in [0.1, 0.15) is 0 Å².